The zero-order chi connectivity index (χ0) is 19.9. The fourth-order valence-corrected chi connectivity index (χ4v) is 6.18. The van der Waals surface area contributed by atoms with Crippen molar-refractivity contribution in [3.63, 3.8) is 0 Å². The van der Waals surface area contributed by atoms with E-state index in [1.807, 2.05) is 6.92 Å². The van der Waals surface area contributed by atoms with E-state index >= 15 is 0 Å². The van der Waals surface area contributed by atoms with E-state index in [2.05, 4.69) is 4.98 Å². The van der Waals surface area contributed by atoms with Crippen LogP contribution in [0.25, 0.3) is 10.2 Å². The maximum Gasteiger partial charge on any atom is 0.262 e. The lowest BCUT2D eigenvalue weighted by molar-refractivity contribution is 0.396. The fourth-order valence-electron chi connectivity index (χ4n) is 3.50. The van der Waals surface area contributed by atoms with Gasteiger partial charge in [-0.1, -0.05) is 6.92 Å². The van der Waals surface area contributed by atoms with Crippen molar-refractivity contribution in [3.05, 3.63) is 51.4 Å². The minimum atomic E-state index is -3.61. The third-order valence-electron chi connectivity index (χ3n) is 4.95. The Morgan fingerprint density at radius 1 is 1.25 bits per heavy atom. The number of methoxy groups -OCH3 is 1. The number of rotatable bonds is 5. The lowest BCUT2D eigenvalue weighted by Crippen LogP contribution is -2.35. The van der Waals surface area contributed by atoms with Crippen LogP contribution in [0.5, 0.6) is 5.75 Å². The molecule has 0 N–H and O–H groups in total. The monoisotopic (exact) mass is 419 g/mol. The van der Waals surface area contributed by atoms with Crippen LogP contribution < -0.4 is 10.3 Å². The van der Waals surface area contributed by atoms with Gasteiger partial charge in [0.2, 0.25) is 10.0 Å². The van der Waals surface area contributed by atoms with Gasteiger partial charge in [0.1, 0.15) is 10.6 Å². The number of aryl methyl sites for hydroxylation is 1. The van der Waals surface area contributed by atoms with Crippen molar-refractivity contribution in [2.45, 2.75) is 37.8 Å². The van der Waals surface area contributed by atoms with Crippen LogP contribution in [0.15, 0.2) is 40.3 Å². The maximum absolute atomic E-state index is 13.0. The van der Waals surface area contributed by atoms with Gasteiger partial charge in [-0.3, -0.25) is 9.36 Å². The van der Waals surface area contributed by atoms with Crippen molar-refractivity contribution in [3.8, 4) is 5.75 Å². The smallest absolute Gasteiger partial charge is 0.262 e. The summed E-state index contributed by atoms with van der Waals surface area (Å²) in [5, 5.41) is 0.650. The van der Waals surface area contributed by atoms with E-state index in [0.29, 0.717) is 35.5 Å². The van der Waals surface area contributed by atoms with Gasteiger partial charge in [0, 0.05) is 24.5 Å². The molecular formula is C19H21N3O4S2. The zero-order valence-electron chi connectivity index (χ0n) is 15.7. The second-order valence-corrected chi connectivity index (χ2v) is 9.71. The number of hydrogen-bond acceptors (Lipinski definition) is 6. The number of fused-ring (bicyclic) bond motifs is 3. The van der Waals surface area contributed by atoms with E-state index in [0.717, 1.165) is 16.9 Å². The van der Waals surface area contributed by atoms with Crippen LogP contribution in [0.1, 0.15) is 23.8 Å². The Morgan fingerprint density at radius 3 is 2.68 bits per heavy atom. The first-order valence-corrected chi connectivity index (χ1v) is 11.3. The zero-order valence-corrected chi connectivity index (χ0v) is 17.3. The molecule has 9 heteroatoms. The molecule has 28 heavy (non-hydrogen) atoms. The van der Waals surface area contributed by atoms with Gasteiger partial charge in [0.15, 0.2) is 0 Å². The summed E-state index contributed by atoms with van der Waals surface area (Å²) in [5.41, 5.74) is 0.917. The molecule has 7 nitrogen and oxygen atoms in total. The summed E-state index contributed by atoms with van der Waals surface area (Å²) in [6, 6.07) is 6.39. The molecular weight excluding hydrogens is 398 g/mol. The molecule has 1 aliphatic heterocycles. The number of aromatic nitrogens is 2. The summed E-state index contributed by atoms with van der Waals surface area (Å²) >= 11 is 1.41. The fraction of sp³-hybridized carbons (Fsp3) is 0.368. The quantitative estimate of drug-likeness (QED) is 0.635. The lowest BCUT2D eigenvalue weighted by Gasteiger charge is -2.26. The van der Waals surface area contributed by atoms with Gasteiger partial charge in [-0.2, -0.15) is 4.31 Å². The highest BCUT2D eigenvalue weighted by Gasteiger charge is 2.31. The summed E-state index contributed by atoms with van der Waals surface area (Å²) in [6.07, 6.45) is 2.95. The van der Waals surface area contributed by atoms with Gasteiger partial charge < -0.3 is 4.74 Å². The molecule has 0 atom stereocenters. The summed E-state index contributed by atoms with van der Waals surface area (Å²) in [5.74, 6) is 0.610. The van der Waals surface area contributed by atoms with E-state index in [9.17, 15) is 13.2 Å². The van der Waals surface area contributed by atoms with Gasteiger partial charge >= 0.3 is 0 Å². The Balaban J connectivity index is 1.69. The Kier molecular flexibility index (Phi) is 4.98. The molecule has 148 valence electrons. The normalized spacial score (nSPS) is 14.9. The molecule has 0 unspecified atom stereocenters. The molecule has 0 amide bonds. The molecule has 0 radical (unpaired) electrons. The number of sulfonamides is 1. The highest BCUT2D eigenvalue weighted by molar-refractivity contribution is 7.89. The predicted molar refractivity (Wildman–Crippen MR) is 108 cm³/mol. The number of benzene rings is 1. The largest absolute Gasteiger partial charge is 0.497 e. The van der Waals surface area contributed by atoms with Gasteiger partial charge in [-0.25, -0.2) is 13.4 Å². The molecule has 0 fully saturated rings. The van der Waals surface area contributed by atoms with Crippen molar-refractivity contribution in [2.24, 2.45) is 0 Å². The number of nitrogens with zero attached hydrogens (tertiary/aromatic N) is 3. The molecule has 0 bridgehead atoms. The number of ether oxygens (including phenoxy) is 1. The lowest BCUT2D eigenvalue weighted by atomic mass is 10.1. The summed E-state index contributed by atoms with van der Waals surface area (Å²) in [6.45, 7) is 3.25. The van der Waals surface area contributed by atoms with Gasteiger partial charge in [0.05, 0.1) is 23.7 Å². The van der Waals surface area contributed by atoms with Crippen LogP contribution in [-0.4, -0.2) is 35.9 Å². The molecule has 1 aliphatic rings. The number of thiophene rings is 1. The van der Waals surface area contributed by atoms with Crippen LogP contribution >= 0.6 is 11.3 Å². The third kappa shape index (κ3) is 3.13. The van der Waals surface area contributed by atoms with Crippen LogP contribution in [0.4, 0.5) is 0 Å². The Labute approximate surface area is 167 Å². The predicted octanol–water partition coefficient (Wildman–Crippen LogP) is 2.62. The van der Waals surface area contributed by atoms with Crippen molar-refractivity contribution >= 4 is 31.6 Å². The van der Waals surface area contributed by atoms with Crippen LogP contribution in [0.2, 0.25) is 0 Å². The van der Waals surface area contributed by atoms with Crippen molar-refractivity contribution in [1.29, 1.82) is 0 Å². The summed E-state index contributed by atoms with van der Waals surface area (Å²) < 4.78 is 34.3. The first-order chi connectivity index (χ1) is 13.5. The molecule has 2 aromatic heterocycles. The first kappa shape index (κ1) is 19.1. The standard InChI is InChI=1S/C19H21N3O4S2/c1-3-9-21-12-20-18-17(19(21)23)15-8-10-22(11-16(15)27-18)28(24,25)14-6-4-13(26-2)5-7-14/h4-7,12H,3,8-11H2,1-2H3. The highest BCUT2D eigenvalue weighted by atomic mass is 32.2. The van der Waals surface area contributed by atoms with Crippen LogP contribution in [0.3, 0.4) is 0 Å². The summed E-state index contributed by atoms with van der Waals surface area (Å²) in [7, 11) is -2.07. The van der Waals surface area contributed by atoms with Crippen molar-refractivity contribution < 1.29 is 13.2 Å². The maximum atomic E-state index is 13.0. The van der Waals surface area contributed by atoms with Gasteiger partial charge in [-0.05, 0) is 42.7 Å². The second-order valence-electron chi connectivity index (χ2n) is 6.69. The van der Waals surface area contributed by atoms with Crippen molar-refractivity contribution in [1.82, 2.24) is 13.9 Å². The molecule has 0 saturated carbocycles. The second kappa shape index (κ2) is 7.31. The average Bonchev–Trinajstić information content (AvgIpc) is 3.08. The molecule has 3 heterocycles. The van der Waals surface area contributed by atoms with Crippen LogP contribution in [-0.2, 0) is 29.5 Å². The SMILES string of the molecule is CCCn1cnc2sc3c(c2c1=O)CCN(S(=O)(=O)c1ccc(OC)cc1)C3. The molecule has 1 aromatic carbocycles. The van der Waals surface area contributed by atoms with Crippen LogP contribution in [0, 0.1) is 0 Å². The number of hydrogen-bond donors (Lipinski definition) is 0. The first-order valence-electron chi connectivity index (χ1n) is 9.09. The Hall–Kier alpha value is -2.23. The minimum absolute atomic E-state index is 0.0317. The molecule has 0 spiro atoms. The molecule has 0 saturated heterocycles. The van der Waals surface area contributed by atoms with E-state index in [4.69, 9.17) is 4.74 Å². The van der Waals surface area contributed by atoms with E-state index in [1.54, 1.807) is 42.3 Å². The van der Waals surface area contributed by atoms with E-state index < -0.39 is 10.0 Å². The highest BCUT2D eigenvalue weighted by Crippen LogP contribution is 2.34. The summed E-state index contributed by atoms with van der Waals surface area (Å²) in [4.78, 5) is 19.1. The van der Waals surface area contributed by atoms with Crippen molar-refractivity contribution in [2.75, 3.05) is 13.7 Å². The molecule has 3 aromatic rings. The Morgan fingerprint density at radius 2 is 2.00 bits per heavy atom. The molecule has 4 rings (SSSR count). The minimum Gasteiger partial charge on any atom is -0.497 e. The van der Waals surface area contributed by atoms with Gasteiger partial charge in [-0.15, -0.1) is 11.3 Å². The average molecular weight is 420 g/mol. The third-order valence-corrected chi connectivity index (χ3v) is 7.94. The van der Waals surface area contributed by atoms with E-state index in [-0.39, 0.29) is 17.0 Å². The van der Waals surface area contributed by atoms with Gasteiger partial charge in [0.25, 0.3) is 5.56 Å². The topological polar surface area (TPSA) is 81.5 Å². The molecule has 0 aliphatic carbocycles. The Bertz CT molecular complexity index is 1180. The van der Waals surface area contributed by atoms with E-state index in [1.165, 1.54) is 15.6 Å².